The van der Waals surface area contributed by atoms with Crippen LogP contribution in [-0.4, -0.2) is 49.9 Å². The molecule has 1 aliphatic heterocycles. The van der Waals surface area contributed by atoms with Crippen LogP contribution in [0.3, 0.4) is 0 Å². The van der Waals surface area contributed by atoms with Gasteiger partial charge in [0.05, 0.1) is 6.10 Å². The van der Waals surface area contributed by atoms with Crippen molar-refractivity contribution in [2.75, 3.05) is 13.1 Å². The zero-order valence-corrected chi connectivity index (χ0v) is 23.0. The highest BCUT2D eigenvalue weighted by molar-refractivity contribution is 6.99. The number of carbonyl (C=O) groups excluding carboxylic acids is 2. The SMILES string of the molecule is CC(C)(C)OC(=O)N1CC(O[Si](c2ccccc2)(c2ccccc2)C(C)(C)C)CC2(CC(=O)C2)C1. The number of hydrogen-bond acceptors (Lipinski definition) is 4. The lowest BCUT2D eigenvalue weighted by Crippen LogP contribution is -2.69. The van der Waals surface area contributed by atoms with Crippen molar-refractivity contribution in [2.24, 2.45) is 5.41 Å². The van der Waals surface area contributed by atoms with Crippen molar-refractivity contribution < 1.29 is 18.8 Å². The summed E-state index contributed by atoms with van der Waals surface area (Å²) < 4.78 is 13.1. The monoisotopic (exact) mass is 493 g/mol. The van der Waals surface area contributed by atoms with Crippen molar-refractivity contribution in [3.63, 3.8) is 0 Å². The number of ether oxygens (including phenoxy) is 1. The van der Waals surface area contributed by atoms with Crippen LogP contribution in [0.1, 0.15) is 60.8 Å². The van der Waals surface area contributed by atoms with E-state index >= 15 is 0 Å². The number of amides is 1. The molecule has 2 aliphatic rings. The fourth-order valence-corrected chi connectivity index (χ4v) is 10.5. The van der Waals surface area contributed by atoms with Crippen molar-refractivity contribution in [3.05, 3.63) is 60.7 Å². The molecule has 1 heterocycles. The Morgan fingerprint density at radius 3 is 1.86 bits per heavy atom. The van der Waals surface area contributed by atoms with E-state index in [0.29, 0.717) is 25.9 Å². The highest BCUT2D eigenvalue weighted by Gasteiger charge is 2.55. The lowest BCUT2D eigenvalue weighted by Gasteiger charge is -2.53. The highest BCUT2D eigenvalue weighted by Crippen LogP contribution is 2.48. The first kappa shape index (κ1) is 25.6. The molecule has 2 fully saturated rings. The number of carbonyl (C=O) groups is 2. The van der Waals surface area contributed by atoms with E-state index < -0.39 is 13.9 Å². The van der Waals surface area contributed by atoms with Crippen molar-refractivity contribution in [1.82, 2.24) is 4.90 Å². The van der Waals surface area contributed by atoms with Crippen LogP contribution in [0, 0.1) is 5.41 Å². The molecule has 35 heavy (non-hydrogen) atoms. The number of piperidine rings is 1. The molecule has 1 spiro atoms. The van der Waals surface area contributed by atoms with Gasteiger partial charge in [-0.1, -0.05) is 81.4 Å². The molecule has 1 saturated carbocycles. The third-order valence-electron chi connectivity index (χ3n) is 7.17. The molecular weight excluding hydrogens is 454 g/mol. The maximum absolute atomic E-state index is 13.1. The maximum atomic E-state index is 13.1. The number of benzene rings is 2. The van der Waals surface area contributed by atoms with Gasteiger partial charge in [-0.25, -0.2) is 4.79 Å². The minimum atomic E-state index is -2.78. The summed E-state index contributed by atoms with van der Waals surface area (Å²) in [5.74, 6) is 0.264. The van der Waals surface area contributed by atoms with E-state index in [9.17, 15) is 9.59 Å². The predicted octanol–water partition coefficient (Wildman–Crippen LogP) is 4.92. The Balaban J connectivity index is 1.75. The third-order valence-corrected chi connectivity index (χ3v) is 12.3. The standard InChI is InChI=1S/C29H39NO4Si/c1-27(2,3)33-26(32)30-20-23(19-29(21-30)17-22(31)18-29)34-35(28(4,5)6,24-13-9-7-10-14-24)25-15-11-8-12-16-25/h7-16,23H,17-21H2,1-6H3. The molecule has 6 heteroatoms. The second kappa shape index (κ2) is 9.21. The number of Topliss-reactive ketones (excluding diaryl/α,β-unsaturated/α-hetero) is 1. The summed E-state index contributed by atoms with van der Waals surface area (Å²) in [5, 5.41) is 2.27. The Kier molecular flexibility index (Phi) is 6.75. The number of likely N-dealkylation sites (tertiary alicyclic amines) is 1. The quantitative estimate of drug-likeness (QED) is 0.567. The number of ketones is 1. The molecule has 0 radical (unpaired) electrons. The van der Waals surface area contributed by atoms with Gasteiger partial charge >= 0.3 is 6.09 Å². The topological polar surface area (TPSA) is 55.8 Å². The van der Waals surface area contributed by atoms with Crippen LogP contribution in [0.4, 0.5) is 4.79 Å². The average Bonchev–Trinajstić information content (AvgIpc) is 2.75. The van der Waals surface area contributed by atoms with E-state index in [2.05, 4.69) is 69.3 Å². The van der Waals surface area contributed by atoms with Gasteiger partial charge in [-0.2, -0.15) is 0 Å². The molecule has 0 bridgehead atoms. The first-order valence-corrected chi connectivity index (χ1v) is 14.5. The Bertz CT molecular complexity index is 1010. The van der Waals surface area contributed by atoms with E-state index in [0.717, 1.165) is 6.42 Å². The minimum absolute atomic E-state index is 0.160. The fraction of sp³-hybridized carbons (Fsp3) is 0.517. The smallest absolute Gasteiger partial charge is 0.410 e. The Morgan fingerprint density at radius 2 is 1.43 bits per heavy atom. The third kappa shape index (κ3) is 5.24. The molecule has 5 nitrogen and oxygen atoms in total. The van der Waals surface area contributed by atoms with Crippen LogP contribution in [0.25, 0.3) is 0 Å². The zero-order valence-electron chi connectivity index (χ0n) is 22.0. The second-order valence-electron chi connectivity index (χ2n) is 12.4. The van der Waals surface area contributed by atoms with Crippen LogP contribution in [0.5, 0.6) is 0 Å². The minimum Gasteiger partial charge on any atom is -0.444 e. The molecule has 1 saturated heterocycles. The van der Waals surface area contributed by atoms with Gasteiger partial charge in [-0.3, -0.25) is 4.79 Å². The lowest BCUT2D eigenvalue weighted by atomic mass is 9.63. The van der Waals surface area contributed by atoms with E-state index in [4.69, 9.17) is 9.16 Å². The van der Waals surface area contributed by atoms with Gasteiger partial charge in [-0.15, -0.1) is 0 Å². The van der Waals surface area contributed by atoms with Gasteiger partial charge in [0.15, 0.2) is 0 Å². The summed E-state index contributed by atoms with van der Waals surface area (Å²) >= 11 is 0. The summed E-state index contributed by atoms with van der Waals surface area (Å²) in [5.41, 5.74) is -0.798. The van der Waals surface area contributed by atoms with E-state index in [1.807, 2.05) is 32.9 Å². The number of nitrogens with zero attached hydrogens (tertiary/aromatic N) is 1. The van der Waals surface area contributed by atoms with Crippen molar-refractivity contribution in [2.45, 2.75) is 77.5 Å². The fourth-order valence-electron chi connectivity index (χ4n) is 5.85. The summed E-state index contributed by atoms with van der Waals surface area (Å²) in [6, 6.07) is 21.1. The first-order valence-electron chi connectivity index (χ1n) is 12.6. The highest BCUT2D eigenvalue weighted by atomic mass is 28.4. The maximum Gasteiger partial charge on any atom is 0.410 e. The summed E-state index contributed by atoms with van der Waals surface area (Å²) in [6.07, 6.45) is 1.28. The van der Waals surface area contributed by atoms with Gasteiger partial charge in [0.2, 0.25) is 0 Å². The molecule has 1 aliphatic carbocycles. The molecule has 1 amide bonds. The van der Waals surface area contributed by atoms with Gasteiger partial charge in [-0.05, 0) is 42.6 Å². The molecule has 188 valence electrons. The van der Waals surface area contributed by atoms with Gasteiger partial charge < -0.3 is 14.1 Å². The van der Waals surface area contributed by atoms with Crippen LogP contribution in [0.15, 0.2) is 60.7 Å². The largest absolute Gasteiger partial charge is 0.444 e. The van der Waals surface area contributed by atoms with E-state index in [-0.39, 0.29) is 28.4 Å². The molecule has 2 aromatic carbocycles. The predicted molar refractivity (Wildman–Crippen MR) is 142 cm³/mol. The number of hydrogen-bond donors (Lipinski definition) is 0. The summed E-state index contributed by atoms with van der Waals surface area (Å²) in [6.45, 7) is 13.4. The van der Waals surface area contributed by atoms with Crippen LogP contribution < -0.4 is 10.4 Å². The van der Waals surface area contributed by atoms with Crippen LogP contribution in [-0.2, 0) is 14.0 Å². The normalized spacial score (nSPS) is 20.5. The van der Waals surface area contributed by atoms with E-state index in [1.165, 1.54) is 10.4 Å². The molecular formula is C29H39NO4Si. The van der Waals surface area contributed by atoms with Crippen molar-refractivity contribution in [1.29, 1.82) is 0 Å². The summed E-state index contributed by atoms with van der Waals surface area (Å²) in [4.78, 5) is 27.0. The Labute approximate surface area is 210 Å². The van der Waals surface area contributed by atoms with Crippen LogP contribution in [0.2, 0.25) is 5.04 Å². The van der Waals surface area contributed by atoms with Crippen molar-refractivity contribution in [3.8, 4) is 0 Å². The van der Waals surface area contributed by atoms with Crippen LogP contribution >= 0.6 is 0 Å². The molecule has 2 aromatic rings. The molecule has 0 aromatic heterocycles. The van der Waals surface area contributed by atoms with Gasteiger partial charge in [0.25, 0.3) is 8.32 Å². The second-order valence-corrected chi connectivity index (χ2v) is 16.6. The first-order chi connectivity index (χ1) is 16.3. The zero-order chi connectivity index (χ0) is 25.5. The molecule has 4 rings (SSSR count). The molecule has 1 atom stereocenters. The molecule has 1 unspecified atom stereocenters. The Hall–Kier alpha value is -2.44. The molecule has 0 N–H and O–H groups in total. The summed E-state index contributed by atoms with van der Waals surface area (Å²) in [7, 11) is -2.78. The van der Waals surface area contributed by atoms with Gasteiger partial charge in [0, 0.05) is 31.3 Å². The average molecular weight is 494 g/mol. The van der Waals surface area contributed by atoms with Gasteiger partial charge in [0.1, 0.15) is 11.4 Å². The van der Waals surface area contributed by atoms with Crippen molar-refractivity contribution >= 4 is 30.6 Å². The lowest BCUT2D eigenvalue weighted by molar-refractivity contribution is -0.139. The Morgan fingerprint density at radius 1 is 0.914 bits per heavy atom. The number of rotatable bonds is 4. The van der Waals surface area contributed by atoms with E-state index in [1.54, 1.807) is 4.90 Å².